The van der Waals surface area contributed by atoms with Crippen LogP contribution in [0.1, 0.15) is 52.2 Å². The van der Waals surface area contributed by atoms with Gasteiger partial charge in [0.05, 0.1) is 6.61 Å². The van der Waals surface area contributed by atoms with Gasteiger partial charge in [-0.2, -0.15) is 0 Å². The number of benzene rings is 1. The Morgan fingerprint density at radius 1 is 1.25 bits per heavy atom. The molecule has 0 aliphatic carbocycles. The average Bonchev–Trinajstić information content (AvgIpc) is 2.43. The zero-order valence-electron chi connectivity index (χ0n) is 10.9. The fraction of sp³-hybridized carbons (Fsp3) is 0.562. The minimum absolute atomic E-state index is 0. The van der Waals surface area contributed by atoms with Gasteiger partial charge in [-0.1, -0.05) is 53.0 Å². The van der Waals surface area contributed by atoms with Crippen molar-refractivity contribution in [3.05, 3.63) is 35.4 Å². The van der Waals surface area contributed by atoms with Crippen molar-refractivity contribution < 1.29 is 15.0 Å². The van der Waals surface area contributed by atoms with Gasteiger partial charge in [-0.15, -0.1) is 0 Å². The zero-order valence-corrected chi connectivity index (χ0v) is 10.9. The maximum Gasteiger partial charge on any atom is 0.251 e. The van der Waals surface area contributed by atoms with E-state index >= 15 is 0 Å². The van der Waals surface area contributed by atoms with Crippen LogP contribution in [-0.2, 0) is 11.3 Å². The third-order valence-corrected chi connectivity index (χ3v) is 3.10. The van der Waals surface area contributed by atoms with Gasteiger partial charge in [-0.3, -0.25) is 4.79 Å². The van der Waals surface area contributed by atoms with Crippen LogP contribution in [0.5, 0.6) is 0 Å². The Balaban J connectivity index is 0. The van der Waals surface area contributed by atoms with Gasteiger partial charge >= 0.3 is 0 Å². The van der Waals surface area contributed by atoms with E-state index < -0.39 is 18.6 Å². The van der Waals surface area contributed by atoms with E-state index in [2.05, 4.69) is 31.3 Å². The highest BCUT2D eigenvalue weighted by molar-refractivity contribution is 5.80. The first-order valence-electron chi connectivity index (χ1n) is 6.24. The van der Waals surface area contributed by atoms with Gasteiger partial charge in [-0.05, 0) is 23.5 Å². The van der Waals surface area contributed by atoms with E-state index in [0.717, 1.165) is 12.0 Å². The molecule has 1 rings (SSSR count). The number of aliphatic hydroxyl groups is 2. The molecule has 4 heteroatoms. The molecular weight excluding hydrogens is 254 g/mol. The molecule has 2 unspecified atom stereocenters. The Morgan fingerprint density at radius 2 is 1.80 bits per heavy atom. The smallest absolute Gasteiger partial charge is 0.251 e. The number of carbonyl (C=O) groups is 1. The zero-order chi connectivity index (χ0) is 13.5. The molecule has 0 aromatic heterocycles. The summed E-state index contributed by atoms with van der Waals surface area (Å²) in [6, 6.07) is 8.04. The first-order valence-corrected chi connectivity index (χ1v) is 6.24. The van der Waals surface area contributed by atoms with Crippen molar-refractivity contribution in [1.82, 2.24) is 5.32 Å². The largest absolute Gasteiger partial charge is 0.393 e. The summed E-state index contributed by atoms with van der Waals surface area (Å²) < 4.78 is 0. The minimum Gasteiger partial charge on any atom is -0.393 e. The third kappa shape index (κ3) is 6.17. The molecule has 3 N–H and O–H groups in total. The molecule has 0 radical (unpaired) electrons. The van der Waals surface area contributed by atoms with Crippen LogP contribution < -0.4 is 5.32 Å². The van der Waals surface area contributed by atoms with E-state index in [0.29, 0.717) is 12.5 Å². The summed E-state index contributed by atoms with van der Waals surface area (Å²) in [6.07, 6.45) is -0.247. The molecule has 0 aliphatic heterocycles. The molecule has 116 valence electrons. The number of rotatable bonds is 6. The van der Waals surface area contributed by atoms with Gasteiger partial charge in [0.25, 0.3) is 5.91 Å². The second-order valence-electron chi connectivity index (χ2n) is 4.47. The monoisotopic (exact) mass is 283 g/mol. The maximum absolute atomic E-state index is 11.2. The highest BCUT2D eigenvalue weighted by Gasteiger charge is 2.12. The molecule has 0 aliphatic rings. The lowest BCUT2D eigenvalue weighted by atomic mass is 9.98. The maximum atomic E-state index is 11.2. The van der Waals surface area contributed by atoms with Crippen molar-refractivity contribution in [3.63, 3.8) is 0 Å². The Kier molecular flexibility index (Phi) is 10.9. The summed E-state index contributed by atoms with van der Waals surface area (Å²) in [5.74, 6) is -0.0200. The van der Waals surface area contributed by atoms with Gasteiger partial charge < -0.3 is 15.5 Å². The highest BCUT2D eigenvalue weighted by Crippen LogP contribution is 2.18. The topological polar surface area (TPSA) is 69.6 Å². The van der Waals surface area contributed by atoms with Crippen LogP contribution >= 0.6 is 0 Å². The molecule has 20 heavy (non-hydrogen) atoms. The molecule has 0 fully saturated rings. The second kappa shape index (κ2) is 10.4. The van der Waals surface area contributed by atoms with E-state index in [1.54, 1.807) is 0 Å². The molecule has 1 aromatic carbocycles. The lowest BCUT2D eigenvalue weighted by Crippen LogP contribution is -2.36. The van der Waals surface area contributed by atoms with Crippen LogP contribution in [0, 0.1) is 0 Å². The number of nitrogens with one attached hydrogen (secondary N) is 1. The summed E-state index contributed by atoms with van der Waals surface area (Å²) in [7, 11) is 0. The van der Waals surface area contributed by atoms with E-state index in [4.69, 9.17) is 10.2 Å². The summed E-state index contributed by atoms with van der Waals surface area (Å²) in [5.41, 5.74) is 2.25. The van der Waals surface area contributed by atoms with Crippen LogP contribution in [-0.4, -0.2) is 28.8 Å². The van der Waals surface area contributed by atoms with E-state index in [1.807, 2.05) is 12.1 Å². The summed E-state index contributed by atoms with van der Waals surface area (Å²) in [4.78, 5) is 11.2. The lowest BCUT2D eigenvalue weighted by Gasteiger charge is -2.11. The molecular formula is C16H29NO3. The van der Waals surface area contributed by atoms with Crippen LogP contribution in [0.15, 0.2) is 24.3 Å². The molecule has 0 spiro atoms. The quantitative estimate of drug-likeness (QED) is 0.751. The number of amides is 1. The third-order valence-electron chi connectivity index (χ3n) is 3.10. The first-order chi connectivity index (χ1) is 8.58. The van der Waals surface area contributed by atoms with Crippen molar-refractivity contribution in [1.29, 1.82) is 0 Å². The molecule has 4 nitrogen and oxygen atoms in total. The number of hydrogen-bond donors (Lipinski definition) is 3. The lowest BCUT2D eigenvalue weighted by molar-refractivity contribution is -0.131. The van der Waals surface area contributed by atoms with Crippen LogP contribution in [0.3, 0.4) is 0 Å². The number of aliphatic hydroxyl groups excluding tert-OH is 2. The van der Waals surface area contributed by atoms with Crippen molar-refractivity contribution in [3.8, 4) is 0 Å². The van der Waals surface area contributed by atoms with Crippen LogP contribution in [0.4, 0.5) is 0 Å². The second-order valence-corrected chi connectivity index (χ2v) is 4.47. The predicted octanol–water partition coefficient (Wildman–Crippen LogP) is 2.44. The number of hydrogen-bond acceptors (Lipinski definition) is 3. The van der Waals surface area contributed by atoms with Gasteiger partial charge in [0.1, 0.15) is 0 Å². The fourth-order valence-corrected chi connectivity index (χ4v) is 1.59. The van der Waals surface area contributed by atoms with Gasteiger partial charge in [0, 0.05) is 6.54 Å². The SMILES string of the molecule is C.C.CCC(C)c1ccc(CNC(=O)C(O)CO)cc1. The van der Waals surface area contributed by atoms with Crippen molar-refractivity contribution in [2.24, 2.45) is 0 Å². The van der Waals surface area contributed by atoms with Crippen LogP contribution in [0.2, 0.25) is 0 Å². The summed E-state index contributed by atoms with van der Waals surface area (Å²) in [6.45, 7) is 4.12. The molecule has 0 saturated carbocycles. The minimum atomic E-state index is -1.34. The molecule has 1 aromatic rings. The normalized spacial score (nSPS) is 12.6. The highest BCUT2D eigenvalue weighted by atomic mass is 16.3. The molecule has 0 bridgehead atoms. The predicted molar refractivity (Wildman–Crippen MR) is 83.5 cm³/mol. The average molecular weight is 283 g/mol. The van der Waals surface area contributed by atoms with Gasteiger partial charge in [0.2, 0.25) is 0 Å². The molecule has 2 atom stereocenters. The molecule has 0 heterocycles. The Hall–Kier alpha value is -1.39. The van der Waals surface area contributed by atoms with E-state index in [-0.39, 0.29) is 14.9 Å². The fourth-order valence-electron chi connectivity index (χ4n) is 1.59. The van der Waals surface area contributed by atoms with Crippen molar-refractivity contribution in [2.75, 3.05) is 6.61 Å². The van der Waals surface area contributed by atoms with Gasteiger partial charge in [0.15, 0.2) is 6.10 Å². The van der Waals surface area contributed by atoms with Crippen LogP contribution in [0.25, 0.3) is 0 Å². The number of carbonyl (C=O) groups excluding carboxylic acids is 1. The Labute approximate surface area is 122 Å². The van der Waals surface area contributed by atoms with Crippen molar-refractivity contribution >= 4 is 5.91 Å². The standard InChI is InChI=1S/C14H21NO3.2CH4/c1-3-10(2)12-6-4-11(5-7-12)8-15-14(18)13(17)9-16;;/h4-7,10,13,16-17H,3,8-9H2,1-2H3,(H,15,18);2*1H4. The van der Waals surface area contributed by atoms with E-state index in [9.17, 15) is 4.79 Å². The molecule has 1 amide bonds. The molecule has 0 saturated heterocycles. The van der Waals surface area contributed by atoms with Gasteiger partial charge in [-0.25, -0.2) is 0 Å². The van der Waals surface area contributed by atoms with E-state index in [1.165, 1.54) is 5.56 Å². The van der Waals surface area contributed by atoms with Crippen molar-refractivity contribution in [2.45, 2.75) is 53.7 Å². The Morgan fingerprint density at radius 3 is 2.25 bits per heavy atom. The first kappa shape index (κ1) is 20.9. The summed E-state index contributed by atoms with van der Waals surface area (Å²) >= 11 is 0. The Bertz CT molecular complexity index is 376. The summed E-state index contributed by atoms with van der Waals surface area (Å²) in [5, 5.41) is 20.3.